The molecule has 3 N–H and O–H groups in total. The van der Waals surface area contributed by atoms with Gasteiger partial charge in [-0.15, -0.1) is 0 Å². The number of rotatable bonds is 8. The Morgan fingerprint density at radius 2 is 1.82 bits per heavy atom. The van der Waals surface area contributed by atoms with E-state index in [0.717, 1.165) is 0 Å². The van der Waals surface area contributed by atoms with Gasteiger partial charge in [-0.2, -0.15) is 5.10 Å². The van der Waals surface area contributed by atoms with Crippen LogP contribution in [0.5, 0.6) is 0 Å². The quantitative estimate of drug-likeness (QED) is 0.329. The summed E-state index contributed by atoms with van der Waals surface area (Å²) >= 11 is 0. The van der Waals surface area contributed by atoms with Crippen molar-refractivity contribution >= 4 is 23.1 Å². The molecule has 1 aliphatic rings. The number of hydrogen-bond donors (Lipinski definition) is 3. The smallest absolute Gasteiger partial charge is 0.274 e. The highest BCUT2D eigenvalue weighted by Crippen LogP contribution is 2.40. The lowest BCUT2D eigenvalue weighted by atomic mass is 9.99. The Balaban J connectivity index is 1.46. The first kappa shape index (κ1) is 25.2. The van der Waals surface area contributed by atoms with E-state index in [1.165, 1.54) is 39.8 Å². The standard InChI is InChI=1S/C29H29N5O4/c1-3-34-27(36)14-13-26(32-34)30-25-15-21(16-33(2)29(25)38)22-5-4-6-24(23(22)17-35)31-28(37)20-11-9-19(10-12-20)18-7-8-18/h4-6,9-16,18,35H,3,7-8,17H2,1-2H3,(H,30,32)(H,31,37). The van der Waals surface area contributed by atoms with Crippen LogP contribution in [0.3, 0.4) is 0 Å². The molecule has 5 rings (SSSR count). The molecule has 1 aliphatic carbocycles. The number of aliphatic hydroxyl groups is 1. The third kappa shape index (κ3) is 5.14. The number of aliphatic hydroxyl groups excluding tert-OH is 1. The number of carbonyl (C=O) groups is 1. The number of hydrogen-bond acceptors (Lipinski definition) is 6. The van der Waals surface area contributed by atoms with Gasteiger partial charge in [0.1, 0.15) is 5.69 Å². The van der Waals surface area contributed by atoms with E-state index in [9.17, 15) is 19.5 Å². The average molecular weight is 512 g/mol. The van der Waals surface area contributed by atoms with Crippen molar-refractivity contribution in [2.24, 2.45) is 7.05 Å². The van der Waals surface area contributed by atoms with E-state index in [-0.39, 0.29) is 29.3 Å². The third-order valence-corrected chi connectivity index (χ3v) is 6.73. The molecule has 4 aromatic rings. The third-order valence-electron chi connectivity index (χ3n) is 6.73. The highest BCUT2D eigenvalue weighted by atomic mass is 16.3. The van der Waals surface area contributed by atoms with Crippen LogP contribution in [0.25, 0.3) is 11.1 Å². The van der Waals surface area contributed by atoms with Crippen molar-refractivity contribution in [3.8, 4) is 11.1 Å². The number of amides is 1. The van der Waals surface area contributed by atoms with Crippen LogP contribution >= 0.6 is 0 Å². The van der Waals surface area contributed by atoms with Crippen LogP contribution < -0.4 is 21.8 Å². The van der Waals surface area contributed by atoms with Crippen molar-refractivity contribution in [3.63, 3.8) is 0 Å². The van der Waals surface area contributed by atoms with E-state index in [2.05, 4.69) is 15.7 Å². The second kappa shape index (κ2) is 10.5. The number of anilines is 3. The topological polar surface area (TPSA) is 118 Å². The Bertz CT molecular complexity index is 1620. The maximum absolute atomic E-state index is 13.0. The molecule has 9 nitrogen and oxygen atoms in total. The Hall–Kier alpha value is -4.50. The van der Waals surface area contributed by atoms with E-state index < -0.39 is 0 Å². The van der Waals surface area contributed by atoms with Gasteiger partial charge >= 0.3 is 0 Å². The SMILES string of the molecule is CCn1nc(Nc2cc(-c3cccc(NC(=O)c4ccc(C5CC5)cc4)c3CO)cn(C)c2=O)ccc1=O. The molecule has 1 fully saturated rings. The number of aromatic nitrogens is 3. The monoisotopic (exact) mass is 511 g/mol. The van der Waals surface area contributed by atoms with Crippen molar-refractivity contribution < 1.29 is 9.90 Å². The van der Waals surface area contributed by atoms with E-state index in [4.69, 9.17) is 0 Å². The van der Waals surface area contributed by atoms with Crippen molar-refractivity contribution in [1.82, 2.24) is 14.3 Å². The van der Waals surface area contributed by atoms with Gasteiger partial charge in [-0.1, -0.05) is 24.3 Å². The lowest BCUT2D eigenvalue weighted by Gasteiger charge is -2.16. The zero-order valence-corrected chi connectivity index (χ0v) is 21.3. The highest BCUT2D eigenvalue weighted by Gasteiger charge is 2.23. The Kier molecular flexibility index (Phi) is 6.93. The fourth-order valence-corrected chi connectivity index (χ4v) is 4.49. The van der Waals surface area contributed by atoms with E-state index in [1.807, 2.05) is 37.3 Å². The van der Waals surface area contributed by atoms with E-state index in [1.54, 1.807) is 31.4 Å². The highest BCUT2D eigenvalue weighted by molar-refractivity contribution is 6.05. The zero-order valence-electron chi connectivity index (χ0n) is 21.3. The molecule has 0 saturated heterocycles. The minimum absolute atomic E-state index is 0.231. The summed E-state index contributed by atoms with van der Waals surface area (Å²) in [5, 5.41) is 20.5. The van der Waals surface area contributed by atoms with Crippen LogP contribution in [0.15, 0.2) is 76.4 Å². The molecule has 0 bridgehead atoms. The summed E-state index contributed by atoms with van der Waals surface area (Å²) in [7, 11) is 1.63. The van der Waals surface area contributed by atoms with Gasteiger partial charge < -0.3 is 20.3 Å². The molecular formula is C29H29N5O4. The number of benzene rings is 2. The molecule has 2 heterocycles. The second-order valence-corrected chi connectivity index (χ2v) is 9.40. The molecule has 0 aliphatic heterocycles. The van der Waals surface area contributed by atoms with Crippen LogP contribution in [-0.2, 0) is 20.2 Å². The predicted molar refractivity (Wildman–Crippen MR) is 147 cm³/mol. The Morgan fingerprint density at radius 3 is 2.50 bits per heavy atom. The Morgan fingerprint density at radius 1 is 1.05 bits per heavy atom. The van der Waals surface area contributed by atoms with Crippen molar-refractivity contribution in [1.29, 1.82) is 0 Å². The van der Waals surface area contributed by atoms with Gasteiger partial charge in [-0.25, -0.2) is 4.68 Å². The summed E-state index contributed by atoms with van der Waals surface area (Å²) in [6.07, 6.45) is 4.06. The minimum atomic E-state index is -0.318. The van der Waals surface area contributed by atoms with Crippen LogP contribution in [0.1, 0.15) is 47.2 Å². The summed E-state index contributed by atoms with van der Waals surface area (Å²) in [6, 6.07) is 17.6. The van der Waals surface area contributed by atoms with E-state index in [0.29, 0.717) is 46.2 Å². The van der Waals surface area contributed by atoms with Gasteiger partial charge in [-0.05, 0) is 67.1 Å². The lowest BCUT2D eigenvalue weighted by Crippen LogP contribution is -2.23. The van der Waals surface area contributed by atoms with Crippen molar-refractivity contribution in [3.05, 3.63) is 104 Å². The molecule has 2 aromatic carbocycles. The lowest BCUT2D eigenvalue weighted by molar-refractivity contribution is 0.102. The molecule has 0 radical (unpaired) electrons. The number of carbonyl (C=O) groups excluding carboxylic acids is 1. The molecule has 0 spiro atoms. The summed E-state index contributed by atoms with van der Waals surface area (Å²) in [5.41, 5.74) is 3.87. The summed E-state index contributed by atoms with van der Waals surface area (Å²) in [4.78, 5) is 37.7. The number of pyridine rings is 1. The first-order valence-electron chi connectivity index (χ1n) is 12.6. The molecule has 1 saturated carbocycles. The predicted octanol–water partition coefficient (Wildman–Crippen LogP) is 3.99. The number of nitrogens with one attached hydrogen (secondary N) is 2. The van der Waals surface area contributed by atoms with Gasteiger partial charge in [0.2, 0.25) is 0 Å². The maximum atomic E-state index is 13.0. The molecular weight excluding hydrogens is 482 g/mol. The van der Waals surface area contributed by atoms with Crippen LogP contribution in [0.2, 0.25) is 0 Å². The van der Waals surface area contributed by atoms with Gasteiger partial charge in [0.05, 0.1) is 6.61 Å². The fourth-order valence-electron chi connectivity index (χ4n) is 4.49. The van der Waals surface area contributed by atoms with E-state index >= 15 is 0 Å². The van der Waals surface area contributed by atoms with Crippen LogP contribution in [0, 0.1) is 0 Å². The molecule has 0 atom stereocenters. The zero-order chi connectivity index (χ0) is 26.8. The second-order valence-electron chi connectivity index (χ2n) is 9.40. The first-order valence-corrected chi connectivity index (χ1v) is 12.6. The van der Waals surface area contributed by atoms with Crippen LogP contribution in [-0.4, -0.2) is 25.4 Å². The molecule has 1 amide bonds. The van der Waals surface area contributed by atoms with Crippen molar-refractivity contribution in [2.75, 3.05) is 10.6 Å². The average Bonchev–Trinajstić information content (AvgIpc) is 3.78. The first-order chi connectivity index (χ1) is 18.4. The largest absolute Gasteiger partial charge is 0.392 e. The van der Waals surface area contributed by atoms with Gasteiger partial charge in [-0.3, -0.25) is 14.4 Å². The summed E-state index contributed by atoms with van der Waals surface area (Å²) in [5.74, 6) is 0.705. The fraction of sp³-hybridized carbons (Fsp3) is 0.241. The van der Waals surface area contributed by atoms with Crippen LogP contribution in [0.4, 0.5) is 17.2 Å². The van der Waals surface area contributed by atoms with Gasteiger partial charge in [0.15, 0.2) is 5.82 Å². The molecule has 2 aromatic heterocycles. The van der Waals surface area contributed by atoms with Gasteiger partial charge in [0, 0.05) is 48.2 Å². The Labute approximate surface area is 219 Å². The molecule has 9 heteroatoms. The molecule has 38 heavy (non-hydrogen) atoms. The normalized spacial score (nSPS) is 12.8. The summed E-state index contributed by atoms with van der Waals surface area (Å²) in [6.45, 7) is 1.89. The van der Waals surface area contributed by atoms with Gasteiger partial charge in [0.25, 0.3) is 17.0 Å². The number of nitrogens with zero attached hydrogens (tertiary/aromatic N) is 3. The molecule has 194 valence electrons. The minimum Gasteiger partial charge on any atom is -0.392 e. The van der Waals surface area contributed by atoms with Crippen molar-refractivity contribution in [2.45, 2.75) is 38.8 Å². The summed E-state index contributed by atoms with van der Waals surface area (Å²) < 4.78 is 2.73. The number of aryl methyl sites for hydroxylation is 2. The maximum Gasteiger partial charge on any atom is 0.274 e. The molecule has 0 unspecified atom stereocenters.